The first-order valence-corrected chi connectivity index (χ1v) is 10.0. The number of alkyl halides is 2. The molecule has 0 amide bonds. The van der Waals surface area contributed by atoms with Crippen molar-refractivity contribution >= 4 is 29.9 Å². The van der Waals surface area contributed by atoms with Crippen molar-refractivity contribution in [2.45, 2.75) is 45.0 Å². The molecule has 0 saturated carbocycles. The van der Waals surface area contributed by atoms with Crippen LogP contribution < -0.4 is 15.4 Å². The predicted octanol–water partition coefficient (Wildman–Crippen LogP) is 3.08. The summed E-state index contributed by atoms with van der Waals surface area (Å²) in [6.45, 7) is 2.84. The first kappa shape index (κ1) is 26.8. The third kappa shape index (κ3) is 10.7. The van der Waals surface area contributed by atoms with Crippen molar-refractivity contribution in [3.8, 4) is 5.75 Å². The lowest BCUT2D eigenvalue weighted by Gasteiger charge is -2.22. The van der Waals surface area contributed by atoms with Gasteiger partial charge in [-0.15, -0.1) is 24.0 Å². The molecule has 172 valence electrons. The van der Waals surface area contributed by atoms with Crippen LogP contribution in [0.25, 0.3) is 0 Å². The number of rotatable bonds is 11. The van der Waals surface area contributed by atoms with Crippen LogP contribution in [0.4, 0.5) is 8.78 Å². The van der Waals surface area contributed by atoms with Gasteiger partial charge in [0.1, 0.15) is 5.75 Å². The molecule has 0 spiro atoms. The number of nitrogens with zero attached hydrogens (tertiary/aromatic N) is 1. The van der Waals surface area contributed by atoms with Gasteiger partial charge in [0.25, 0.3) is 0 Å². The van der Waals surface area contributed by atoms with Gasteiger partial charge in [0.2, 0.25) is 0 Å². The monoisotopic (exact) mass is 543 g/mol. The summed E-state index contributed by atoms with van der Waals surface area (Å²) >= 11 is 0. The first-order chi connectivity index (χ1) is 14.1. The Hall–Kier alpha value is -1.24. The van der Waals surface area contributed by atoms with Gasteiger partial charge < -0.3 is 30.0 Å². The molecule has 0 aliphatic carbocycles. The maximum absolute atomic E-state index is 12.2. The number of hydrogen-bond donors (Lipinski definition) is 3. The summed E-state index contributed by atoms with van der Waals surface area (Å²) in [6, 6.07) is 5.89. The molecule has 1 saturated heterocycles. The average Bonchev–Trinajstić information content (AvgIpc) is 2.72. The lowest BCUT2D eigenvalue weighted by atomic mass is 10.1. The van der Waals surface area contributed by atoms with Gasteiger partial charge in [0.05, 0.1) is 18.8 Å². The molecule has 1 heterocycles. The fourth-order valence-corrected chi connectivity index (χ4v) is 2.87. The van der Waals surface area contributed by atoms with Crippen LogP contribution in [0.5, 0.6) is 5.75 Å². The third-order valence-corrected chi connectivity index (χ3v) is 4.39. The molecule has 10 heteroatoms. The second kappa shape index (κ2) is 15.5. The SMILES string of the molecule is CCNC(=NCC(O)c1ccc(OC(F)F)cc1)NCCCOC1CCOCC1.I. The number of guanidine groups is 1. The van der Waals surface area contributed by atoms with Gasteiger partial charge in [-0.1, -0.05) is 12.1 Å². The summed E-state index contributed by atoms with van der Waals surface area (Å²) in [6.07, 6.45) is 2.19. The van der Waals surface area contributed by atoms with Gasteiger partial charge in [-0.3, -0.25) is 4.99 Å². The maximum atomic E-state index is 12.2. The lowest BCUT2D eigenvalue weighted by molar-refractivity contribution is -0.0498. The molecule has 1 unspecified atom stereocenters. The molecule has 2 rings (SSSR count). The van der Waals surface area contributed by atoms with Crippen molar-refractivity contribution in [3.63, 3.8) is 0 Å². The smallest absolute Gasteiger partial charge is 0.387 e. The topological polar surface area (TPSA) is 84.3 Å². The number of aliphatic hydroxyl groups excluding tert-OH is 1. The molecule has 1 atom stereocenters. The minimum absolute atomic E-state index is 0. The highest BCUT2D eigenvalue weighted by Crippen LogP contribution is 2.19. The minimum atomic E-state index is -2.87. The van der Waals surface area contributed by atoms with Gasteiger partial charge in [-0.2, -0.15) is 8.78 Å². The number of ether oxygens (including phenoxy) is 3. The number of benzene rings is 1. The second-order valence-corrected chi connectivity index (χ2v) is 6.65. The summed E-state index contributed by atoms with van der Waals surface area (Å²) in [5.41, 5.74) is 0.580. The Morgan fingerprint density at radius 3 is 2.57 bits per heavy atom. The Balaban J connectivity index is 0.00000450. The van der Waals surface area contributed by atoms with E-state index in [1.807, 2.05) is 6.92 Å². The van der Waals surface area contributed by atoms with E-state index in [2.05, 4.69) is 20.4 Å². The molecule has 1 fully saturated rings. The van der Waals surface area contributed by atoms with E-state index in [0.717, 1.165) is 32.5 Å². The Bertz CT molecular complexity index is 602. The Morgan fingerprint density at radius 1 is 1.23 bits per heavy atom. The Morgan fingerprint density at radius 2 is 1.93 bits per heavy atom. The zero-order valence-electron chi connectivity index (χ0n) is 17.2. The molecular formula is C20H32F2IN3O4. The quantitative estimate of drug-likeness (QED) is 0.172. The summed E-state index contributed by atoms with van der Waals surface area (Å²) in [5.74, 6) is 0.660. The second-order valence-electron chi connectivity index (χ2n) is 6.65. The van der Waals surface area contributed by atoms with Crippen molar-refractivity contribution in [3.05, 3.63) is 29.8 Å². The van der Waals surface area contributed by atoms with Crippen molar-refractivity contribution in [1.29, 1.82) is 0 Å². The normalized spacial score (nSPS) is 16.1. The van der Waals surface area contributed by atoms with Crippen LogP contribution in [0, 0.1) is 0 Å². The molecule has 0 aromatic heterocycles. The van der Waals surface area contributed by atoms with Crippen molar-refractivity contribution < 1.29 is 28.1 Å². The van der Waals surface area contributed by atoms with Crippen LogP contribution in [0.15, 0.2) is 29.3 Å². The third-order valence-electron chi connectivity index (χ3n) is 4.39. The van der Waals surface area contributed by atoms with E-state index in [1.54, 1.807) is 12.1 Å². The zero-order valence-corrected chi connectivity index (χ0v) is 19.5. The largest absolute Gasteiger partial charge is 0.435 e. The maximum Gasteiger partial charge on any atom is 0.387 e. The highest BCUT2D eigenvalue weighted by Gasteiger charge is 2.13. The molecule has 1 aromatic rings. The molecule has 7 nitrogen and oxygen atoms in total. The molecule has 1 aromatic carbocycles. The fraction of sp³-hybridized carbons (Fsp3) is 0.650. The van der Waals surface area contributed by atoms with Crippen LogP contribution in [0.2, 0.25) is 0 Å². The van der Waals surface area contributed by atoms with E-state index < -0.39 is 12.7 Å². The molecule has 30 heavy (non-hydrogen) atoms. The average molecular weight is 543 g/mol. The summed E-state index contributed by atoms with van der Waals surface area (Å²) in [5, 5.41) is 16.6. The number of halogens is 3. The number of nitrogens with one attached hydrogen (secondary N) is 2. The Labute approximate surface area is 193 Å². The molecular weight excluding hydrogens is 511 g/mol. The van der Waals surface area contributed by atoms with E-state index >= 15 is 0 Å². The van der Waals surface area contributed by atoms with E-state index in [9.17, 15) is 13.9 Å². The van der Waals surface area contributed by atoms with Crippen LogP contribution >= 0.6 is 24.0 Å². The van der Waals surface area contributed by atoms with E-state index in [1.165, 1.54) is 12.1 Å². The van der Waals surface area contributed by atoms with Crippen molar-refractivity contribution in [2.75, 3.05) is 39.5 Å². The van der Waals surface area contributed by atoms with Crippen LogP contribution in [0.3, 0.4) is 0 Å². The van der Waals surface area contributed by atoms with E-state index in [4.69, 9.17) is 9.47 Å². The number of hydrogen-bond acceptors (Lipinski definition) is 5. The minimum Gasteiger partial charge on any atom is -0.435 e. The van der Waals surface area contributed by atoms with E-state index in [0.29, 0.717) is 37.3 Å². The highest BCUT2D eigenvalue weighted by atomic mass is 127. The van der Waals surface area contributed by atoms with E-state index in [-0.39, 0.29) is 36.3 Å². The Kier molecular flexibility index (Phi) is 13.9. The van der Waals surface area contributed by atoms with Crippen molar-refractivity contribution in [2.24, 2.45) is 4.99 Å². The van der Waals surface area contributed by atoms with Gasteiger partial charge in [-0.25, -0.2) is 0 Å². The zero-order chi connectivity index (χ0) is 20.9. The molecule has 1 aliphatic rings. The van der Waals surface area contributed by atoms with Crippen LogP contribution in [0.1, 0.15) is 37.9 Å². The number of aliphatic hydroxyl groups is 1. The van der Waals surface area contributed by atoms with Crippen molar-refractivity contribution in [1.82, 2.24) is 10.6 Å². The predicted molar refractivity (Wildman–Crippen MR) is 122 cm³/mol. The lowest BCUT2D eigenvalue weighted by Crippen LogP contribution is -2.38. The molecule has 0 bridgehead atoms. The van der Waals surface area contributed by atoms with Gasteiger partial charge in [0.15, 0.2) is 5.96 Å². The summed E-state index contributed by atoms with van der Waals surface area (Å²) in [7, 11) is 0. The van der Waals surface area contributed by atoms with Crippen LogP contribution in [-0.2, 0) is 9.47 Å². The highest BCUT2D eigenvalue weighted by molar-refractivity contribution is 14.0. The van der Waals surface area contributed by atoms with Crippen LogP contribution in [-0.4, -0.2) is 63.2 Å². The molecule has 0 radical (unpaired) electrons. The summed E-state index contributed by atoms with van der Waals surface area (Å²) < 4.78 is 39.8. The van der Waals surface area contributed by atoms with Gasteiger partial charge in [0, 0.05) is 32.9 Å². The number of aliphatic imine (C=N–C) groups is 1. The first-order valence-electron chi connectivity index (χ1n) is 10.0. The van der Waals surface area contributed by atoms with Gasteiger partial charge in [-0.05, 0) is 43.9 Å². The summed E-state index contributed by atoms with van der Waals surface area (Å²) in [4.78, 5) is 4.38. The molecule has 3 N–H and O–H groups in total. The van der Waals surface area contributed by atoms with Gasteiger partial charge >= 0.3 is 6.61 Å². The fourth-order valence-electron chi connectivity index (χ4n) is 2.87. The molecule has 1 aliphatic heterocycles. The standard InChI is InChI=1S/C20H31F2N3O4.HI/c1-2-23-20(24-10-3-11-28-16-8-12-27-13-9-16)25-14-18(26)15-4-6-17(7-5-15)29-19(21)22;/h4-7,16,18-19,26H,2-3,8-14H2,1H3,(H2,23,24,25);1H.